The van der Waals surface area contributed by atoms with Gasteiger partial charge in [0.2, 0.25) is 0 Å². The first-order valence-corrected chi connectivity index (χ1v) is 2.92. The van der Waals surface area contributed by atoms with Crippen LogP contribution in [0.15, 0.2) is 0 Å². The van der Waals surface area contributed by atoms with Crippen molar-refractivity contribution in [2.45, 2.75) is 0 Å². The van der Waals surface area contributed by atoms with E-state index in [1.807, 2.05) is 0 Å². The first-order chi connectivity index (χ1) is 3.63. The topological polar surface area (TPSA) is 6.48 Å². The van der Waals surface area contributed by atoms with Gasteiger partial charge in [-0.25, -0.2) is 0 Å². The van der Waals surface area contributed by atoms with Gasteiger partial charge in [-0.2, -0.15) is 0 Å². The van der Waals surface area contributed by atoms with Crippen molar-refractivity contribution in [2.24, 2.45) is 0 Å². The molecule has 0 unspecified atom stereocenters. The van der Waals surface area contributed by atoms with Crippen molar-refractivity contribution in [2.75, 3.05) is 41.3 Å². The van der Waals surface area contributed by atoms with Gasteiger partial charge in [-0.15, -0.1) is 0 Å². The Balaban J connectivity index is -0.0000000817. The molecule has 0 spiro atoms. The molecule has 0 amide bonds. The molecule has 2 nitrogen and oxygen atoms in total. The van der Waals surface area contributed by atoms with Gasteiger partial charge in [0.25, 0.3) is 0 Å². The molecule has 0 aromatic heterocycles. The van der Waals surface area contributed by atoms with Crippen LogP contribution in [0.1, 0.15) is 0 Å². The maximum Gasteiger partial charge on any atom is 2.00 e. The predicted octanol–water partition coefficient (Wildman–Crippen LogP) is -5.88. The molecule has 0 radical (unpaired) electrons. The first kappa shape index (κ1) is 22.8. The van der Waals surface area contributed by atoms with Crippen LogP contribution in [0.25, 0.3) is 0 Å². The van der Waals surface area contributed by atoms with Crippen LogP contribution < -0.4 is 24.8 Å². The Bertz CT molecular complexity index is 54.5. The molecule has 0 aliphatic heterocycles. The molecule has 0 aromatic carbocycles. The van der Waals surface area contributed by atoms with E-state index in [4.69, 9.17) is 0 Å². The van der Waals surface area contributed by atoms with Crippen molar-refractivity contribution in [1.29, 1.82) is 0 Å². The van der Waals surface area contributed by atoms with Crippen molar-refractivity contribution in [3.05, 3.63) is 0 Å². The summed E-state index contributed by atoms with van der Waals surface area (Å²) >= 11 is 0. The molecule has 0 fully saturated rings. The molecular formula is C6H16Cl2N2Pt. The minimum absolute atomic E-state index is 0. The van der Waals surface area contributed by atoms with E-state index in [0.717, 1.165) is 13.1 Å². The van der Waals surface area contributed by atoms with Crippen molar-refractivity contribution >= 4 is 0 Å². The fourth-order valence-corrected chi connectivity index (χ4v) is 0.400. The SMILES string of the molecule is CN(C)CCN(C)C.[Cl-].[Cl-].[Pt+2]. The summed E-state index contributed by atoms with van der Waals surface area (Å²) in [6.45, 7) is 2.29. The molecule has 0 N–H and O–H groups in total. The quantitative estimate of drug-likeness (QED) is 0.480. The van der Waals surface area contributed by atoms with Gasteiger partial charge in [-0.1, -0.05) is 0 Å². The van der Waals surface area contributed by atoms with Gasteiger partial charge in [0.1, 0.15) is 0 Å². The van der Waals surface area contributed by atoms with Crippen molar-refractivity contribution < 1.29 is 45.9 Å². The fourth-order valence-electron chi connectivity index (χ4n) is 0.400. The number of likely N-dealkylation sites (N-methyl/N-ethyl adjacent to an activating group) is 2. The van der Waals surface area contributed by atoms with E-state index in [0.29, 0.717) is 0 Å². The zero-order chi connectivity index (χ0) is 6.57. The molecule has 0 aliphatic carbocycles. The molecule has 0 rings (SSSR count). The molecule has 0 saturated heterocycles. The Labute approximate surface area is 96.8 Å². The average molecular weight is 382 g/mol. The predicted molar refractivity (Wildman–Crippen MR) is 37.1 cm³/mol. The van der Waals surface area contributed by atoms with E-state index < -0.39 is 0 Å². The van der Waals surface area contributed by atoms with Gasteiger partial charge in [0.05, 0.1) is 0 Å². The second-order valence-electron chi connectivity index (χ2n) is 2.61. The van der Waals surface area contributed by atoms with Gasteiger partial charge < -0.3 is 34.6 Å². The second-order valence-corrected chi connectivity index (χ2v) is 2.61. The van der Waals surface area contributed by atoms with Crippen LogP contribution >= 0.6 is 0 Å². The Morgan fingerprint density at radius 3 is 1.00 bits per heavy atom. The van der Waals surface area contributed by atoms with Crippen LogP contribution in [-0.2, 0) is 21.1 Å². The van der Waals surface area contributed by atoms with Crippen LogP contribution in [0.2, 0.25) is 0 Å². The van der Waals surface area contributed by atoms with E-state index in [9.17, 15) is 0 Å². The van der Waals surface area contributed by atoms with Crippen LogP contribution in [0.4, 0.5) is 0 Å². The van der Waals surface area contributed by atoms with Gasteiger partial charge in [-0.05, 0) is 28.2 Å². The third-order valence-electron chi connectivity index (χ3n) is 0.994. The number of hydrogen-bond donors (Lipinski definition) is 0. The monoisotopic (exact) mass is 381 g/mol. The fraction of sp³-hybridized carbons (Fsp3) is 1.00. The average Bonchev–Trinajstić information content (AvgIpc) is 1.61. The van der Waals surface area contributed by atoms with E-state index in [1.54, 1.807) is 0 Å². The standard InChI is InChI=1S/C6H16N2.2ClH.Pt/c1-7(2)5-6-8(3)4;;;/h5-6H2,1-4H3;2*1H;/q;;;+2/p-2. The summed E-state index contributed by atoms with van der Waals surface area (Å²) in [6.07, 6.45) is 0. The Morgan fingerprint density at radius 2 is 0.909 bits per heavy atom. The van der Waals surface area contributed by atoms with Crippen molar-refractivity contribution in [3.63, 3.8) is 0 Å². The third-order valence-corrected chi connectivity index (χ3v) is 0.994. The Kier molecular flexibility index (Phi) is 28.5. The number of nitrogens with zero attached hydrogens (tertiary/aromatic N) is 2. The van der Waals surface area contributed by atoms with Gasteiger partial charge in [0, 0.05) is 13.1 Å². The van der Waals surface area contributed by atoms with Crippen molar-refractivity contribution in [3.8, 4) is 0 Å². The molecule has 5 heteroatoms. The van der Waals surface area contributed by atoms with E-state index in [1.165, 1.54) is 0 Å². The molecule has 11 heavy (non-hydrogen) atoms. The zero-order valence-corrected chi connectivity index (χ0v) is 11.2. The summed E-state index contributed by atoms with van der Waals surface area (Å²) in [4.78, 5) is 4.36. The maximum absolute atomic E-state index is 2.18. The van der Waals surface area contributed by atoms with Crippen LogP contribution in [0, 0.1) is 0 Å². The maximum atomic E-state index is 2.18. The molecule has 0 aromatic rings. The van der Waals surface area contributed by atoms with Crippen LogP contribution in [0.3, 0.4) is 0 Å². The molecule has 0 aliphatic rings. The van der Waals surface area contributed by atoms with E-state index >= 15 is 0 Å². The van der Waals surface area contributed by atoms with E-state index in [2.05, 4.69) is 38.0 Å². The Hall–Kier alpha value is 1.19. The minimum atomic E-state index is 0. The normalized spacial score (nSPS) is 8.18. The van der Waals surface area contributed by atoms with Crippen molar-refractivity contribution in [1.82, 2.24) is 9.80 Å². The third kappa shape index (κ3) is 24.7. The largest absolute Gasteiger partial charge is 2.00 e. The number of rotatable bonds is 3. The zero-order valence-electron chi connectivity index (χ0n) is 7.38. The summed E-state index contributed by atoms with van der Waals surface area (Å²) in [7, 11) is 8.35. The Morgan fingerprint density at radius 1 is 0.727 bits per heavy atom. The second kappa shape index (κ2) is 13.8. The molecule has 0 atom stereocenters. The summed E-state index contributed by atoms with van der Waals surface area (Å²) in [5.74, 6) is 0. The summed E-state index contributed by atoms with van der Waals surface area (Å²) in [5, 5.41) is 0. The van der Waals surface area contributed by atoms with Gasteiger partial charge >= 0.3 is 21.1 Å². The molecular weight excluding hydrogens is 366 g/mol. The number of hydrogen-bond acceptors (Lipinski definition) is 2. The van der Waals surface area contributed by atoms with Gasteiger partial charge in [-0.3, -0.25) is 0 Å². The summed E-state index contributed by atoms with van der Waals surface area (Å²) in [5.41, 5.74) is 0. The number of halogens is 2. The van der Waals surface area contributed by atoms with E-state index in [-0.39, 0.29) is 45.9 Å². The first-order valence-electron chi connectivity index (χ1n) is 2.92. The molecule has 0 saturated carbocycles. The van der Waals surface area contributed by atoms with Crippen LogP contribution in [0.5, 0.6) is 0 Å². The molecule has 74 valence electrons. The smallest absolute Gasteiger partial charge is 1.00 e. The van der Waals surface area contributed by atoms with Crippen LogP contribution in [-0.4, -0.2) is 51.1 Å². The molecule has 0 bridgehead atoms. The summed E-state index contributed by atoms with van der Waals surface area (Å²) in [6, 6.07) is 0. The molecule has 0 heterocycles. The summed E-state index contributed by atoms with van der Waals surface area (Å²) < 4.78 is 0. The minimum Gasteiger partial charge on any atom is -1.00 e. The van der Waals surface area contributed by atoms with Gasteiger partial charge in [0.15, 0.2) is 0 Å².